The van der Waals surface area contributed by atoms with E-state index in [1.54, 1.807) is 13.8 Å². The van der Waals surface area contributed by atoms with Crippen molar-refractivity contribution in [2.24, 2.45) is 0 Å². The summed E-state index contributed by atoms with van der Waals surface area (Å²) in [5.41, 5.74) is 2.75. The molecule has 1 unspecified atom stereocenters. The number of anilines is 1. The van der Waals surface area contributed by atoms with Gasteiger partial charge in [0.15, 0.2) is 5.76 Å². The van der Waals surface area contributed by atoms with Crippen LogP contribution in [0.1, 0.15) is 23.9 Å². The third-order valence-corrected chi connectivity index (χ3v) is 6.60. The summed E-state index contributed by atoms with van der Waals surface area (Å²) in [5, 5.41) is 3.78. The number of nitrogens with zero attached hydrogens (tertiary/aromatic N) is 3. The Morgan fingerprint density at radius 1 is 1.21 bits per heavy atom. The Morgan fingerprint density at radius 3 is 2.54 bits per heavy atom. The first kappa shape index (κ1) is 17.0. The van der Waals surface area contributed by atoms with Gasteiger partial charge in [0.25, 0.3) is 0 Å². The van der Waals surface area contributed by atoms with Crippen LogP contribution >= 0.6 is 0 Å². The highest BCUT2D eigenvalue weighted by Crippen LogP contribution is 2.27. The highest BCUT2D eigenvalue weighted by molar-refractivity contribution is 7.89. The number of piperazine rings is 1. The van der Waals surface area contributed by atoms with E-state index in [1.807, 2.05) is 6.07 Å². The van der Waals surface area contributed by atoms with Crippen molar-refractivity contribution in [2.75, 3.05) is 24.5 Å². The smallest absolute Gasteiger partial charge is 0.248 e. The Balaban J connectivity index is 1.83. The molecule has 1 aromatic carbocycles. The van der Waals surface area contributed by atoms with E-state index in [0.717, 1.165) is 5.69 Å². The fraction of sp³-hybridized carbons (Fsp3) is 0.471. The van der Waals surface area contributed by atoms with Crippen LogP contribution in [-0.4, -0.2) is 43.6 Å². The van der Waals surface area contributed by atoms with Crippen LogP contribution in [-0.2, 0) is 10.0 Å². The largest absolute Gasteiger partial charge is 0.366 e. The number of hydrogen-bond donors (Lipinski definition) is 0. The van der Waals surface area contributed by atoms with Gasteiger partial charge < -0.3 is 9.42 Å². The minimum absolute atomic E-state index is 0.0933. The molecule has 0 radical (unpaired) electrons. The second-order valence-corrected chi connectivity index (χ2v) is 8.27. The first-order chi connectivity index (χ1) is 11.3. The maximum atomic E-state index is 12.9. The molecule has 3 rings (SSSR count). The van der Waals surface area contributed by atoms with Gasteiger partial charge in [0.1, 0.15) is 10.6 Å². The summed E-state index contributed by atoms with van der Waals surface area (Å²) in [6.45, 7) is 8.97. The quantitative estimate of drug-likeness (QED) is 0.852. The molecule has 1 saturated heterocycles. The second kappa shape index (κ2) is 6.22. The molecule has 0 spiro atoms. The van der Waals surface area contributed by atoms with E-state index in [0.29, 0.717) is 31.1 Å². The number of hydrogen-bond acceptors (Lipinski definition) is 5. The number of aromatic nitrogens is 1. The molecule has 0 aliphatic carbocycles. The first-order valence-corrected chi connectivity index (χ1v) is 9.51. The summed E-state index contributed by atoms with van der Waals surface area (Å²) in [6.07, 6.45) is 0. The molecule has 1 fully saturated rings. The summed E-state index contributed by atoms with van der Waals surface area (Å²) in [6, 6.07) is 8.39. The van der Waals surface area contributed by atoms with E-state index in [2.05, 4.69) is 42.1 Å². The van der Waals surface area contributed by atoms with E-state index in [9.17, 15) is 8.42 Å². The normalized spacial score (nSPS) is 19.7. The molecule has 1 atom stereocenters. The van der Waals surface area contributed by atoms with E-state index in [1.165, 1.54) is 9.87 Å². The van der Waals surface area contributed by atoms with E-state index in [-0.39, 0.29) is 10.9 Å². The van der Waals surface area contributed by atoms with Crippen LogP contribution in [0.15, 0.2) is 33.7 Å². The summed E-state index contributed by atoms with van der Waals surface area (Å²) < 4.78 is 32.5. The standard InChI is InChI=1S/C17H23N3O3S/c1-12-6-5-7-16(10-12)20-9-8-19(11-13(20)2)24(21,22)17-14(3)18-23-15(17)4/h5-7,10,13H,8-9,11H2,1-4H3. The number of rotatable bonds is 3. The average Bonchev–Trinajstić information content (AvgIpc) is 2.86. The highest BCUT2D eigenvalue weighted by atomic mass is 32.2. The lowest BCUT2D eigenvalue weighted by molar-refractivity contribution is 0.341. The Hall–Kier alpha value is -1.86. The molecule has 0 amide bonds. The van der Waals surface area contributed by atoms with Gasteiger partial charge in [-0.05, 0) is 45.4 Å². The molecule has 2 aromatic rings. The molecule has 0 N–H and O–H groups in total. The third kappa shape index (κ3) is 2.93. The van der Waals surface area contributed by atoms with Crippen molar-refractivity contribution in [2.45, 2.75) is 38.6 Å². The third-order valence-electron chi connectivity index (χ3n) is 4.49. The number of benzene rings is 1. The predicted octanol–water partition coefficient (Wildman–Crippen LogP) is 2.50. The van der Waals surface area contributed by atoms with Crippen molar-refractivity contribution >= 4 is 15.7 Å². The van der Waals surface area contributed by atoms with Crippen LogP contribution in [0.25, 0.3) is 0 Å². The van der Waals surface area contributed by atoms with Gasteiger partial charge >= 0.3 is 0 Å². The average molecular weight is 349 g/mol. The number of aryl methyl sites for hydroxylation is 3. The molecule has 24 heavy (non-hydrogen) atoms. The van der Waals surface area contributed by atoms with E-state index >= 15 is 0 Å². The molecule has 1 aromatic heterocycles. The Labute approximate surface area is 143 Å². The Bertz CT molecular complexity index is 825. The molecule has 0 bridgehead atoms. The molecule has 0 saturated carbocycles. The van der Waals surface area contributed by atoms with Gasteiger partial charge in [0, 0.05) is 31.4 Å². The molecule has 1 aliphatic heterocycles. The first-order valence-electron chi connectivity index (χ1n) is 8.07. The zero-order valence-electron chi connectivity index (χ0n) is 14.5. The fourth-order valence-electron chi connectivity index (χ4n) is 3.30. The minimum atomic E-state index is -3.58. The van der Waals surface area contributed by atoms with Crippen molar-refractivity contribution < 1.29 is 12.9 Å². The SMILES string of the molecule is Cc1cccc(N2CCN(S(=O)(=O)c3c(C)noc3C)CC2C)c1. The zero-order chi connectivity index (χ0) is 17.5. The molecular formula is C17H23N3O3S. The van der Waals surface area contributed by atoms with Crippen LogP contribution in [0.2, 0.25) is 0 Å². The molecule has 7 heteroatoms. The molecule has 130 valence electrons. The van der Waals surface area contributed by atoms with Gasteiger partial charge in [-0.15, -0.1) is 0 Å². The van der Waals surface area contributed by atoms with Crippen LogP contribution in [0, 0.1) is 20.8 Å². The van der Waals surface area contributed by atoms with E-state index in [4.69, 9.17) is 4.52 Å². The van der Waals surface area contributed by atoms with Crippen LogP contribution in [0.5, 0.6) is 0 Å². The predicted molar refractivity (Wildman–Crippen MR) is 92.7 cm³/mol. The van der Waals surface area contributed by atoms with Crippen LogP contribution in [0.3, 0.4) is 0 Å². The summed E-state index contributed by atoms with van der Waals surface area (Å²) in [7, 11) is -3.58. The minimum Gasteiger partial charge on any atom is -0.366 e. The topological polar surface area (TPSA) is 66.7 Å². The highest BCUT2D eigenvalue weighted by Gasteiger charge is 2.35. The summed E-state index contributed by atoms with van der Waals surface area (Å²) >= 11 is 0. The lowest BCUT2D eigenvalue weighted by Gasteiger charge is -2.40. The summed E-state index contributed by atoms with van der Waals surface area (Å²) in [4.78, 5) is 2.46. The maximum absolute atomic E-state index is 12.9. The molecule has 6 nitrogen and oxygen atoms in total. The van der Waals surface area contributed by atoms with Gasteiger partial charge in [-0.25, -0.2) is 8.42 Å². The lowest BCUT2D eigenvalue weighted by Crippen LogP contribution is -2.53. The van der Waals surface area contributed by atoms with Crippen LogP contribution < -0.4 is 4.90 Å². The fourth-order valence-corrected chi connectivity index (χ4v) is 5.11. The Morgan fingerprint density at radius 2 is 1.96 bits per heavy atom. The summed E-state index contributed by atoms with van der Waals surface area (Å²) in [5.74, 6) is 0.348. The lowest BCUT2D eigenvalue weighted by atomic mass is 10.1. The van der Waals surface area contributed by atoms with Crippen molar-refractivity contribution in [1.29, 1.82) is 0 Å². The second-order valence-electron chi connectivity index (χ2n) is 6.40. The monoisotopic (exact) mass is 349 g/mol. The molecule has 1 aliphatic rings. The van der Waals surface area contributed by atoms with Gasteiger partial charge in [0.2, 0.25) is 10.0 Å². The van der Waals surface area contributed by atoms with Crippen molar-refractivity contribution in [1.82, 2.24) is 9.46 Å². The van der Waals surface area contributed by atoms with Crippen molar-refractivity contribution in [3.8, 4) is 0 Å². The Kier molecular flexibility index (Phi) is 4.40. The van der Waals surface area contributed by atoms with E-state index < -0.39 is 10.0 Å². The van der Waals surface area contributed by atoms with Crippen molar-refractivity contribution in [3.63, 3.8) is 0 Å². The van der Waals surface area contributed by atoms with Crippen molar-refractivity contribution in [3.05, 3.63) is 41.3 Å². The zero-order valence-corrected chi connectivity index (χ0v) is 15.3. The molecular weight excluding hydrogens is 326 g/mol. The van der Waals surface area contributed by atoms with Gasteiger partial charge in [-0.2, -0.15) is 4.31 Å². The van der Waals surface area contributed by atoms with Gasteiger partial charge in [-0.1, -0.05) is 17.3 Å². The maximum Gasteiger partial charge on any atom is 0.248 e. The molecule has 2 heterocycles. The van der Waals surface area contributed by atoms with Crippen LogP contribution in [0.4, 0.5) is 5.69 Å². The van der Waals surface area contributed by atoms with Gasteiger partial charge in [-0.3, -0.25) is 0 Å². The van der Waals surface area contributed by atoms with Gasteiger partial charge in [0.05, 0.1) is 0 Å². The number of sulfonamides is 1.